The third-order valence-corrected chi connectivity index (χ3v) is 6.38. The highest BCUT2D eigenvalue weighted by Gasteiger charge is 2.52. The molecule has 12 heteroatoms. The van der Waals surface area contributed by atoms with Crippen molar-refractivity contribution in [3.63, 3.8) is 0 Å². The van der Waals surface area contributed by atoms with E-state index in [0.717, 1.165) is 43.9 Å². The summed E-state index contributed by atoms with van der Waals surface area (Å²) in [6.07, 6.45) is 4.07. The summed E-state index contributed by atoms with van der Waals surface area (Å²) in [5, 5.41) is 12.6. The van der Waals surface area contributed by atoms with Crippen molar-refractivity contribution in [1.82, 2.24) is 15.2 Å². The first-order valence-electron chi connectivity index (χ1n) is 11.6. The Kier molecular flexibility index (Phi) is 6.25. The Bertz CT molecular complexity index is 1270. The Morgan fingerprint density at radius 1 is 1.14 bits per heavy atom. The van der Waals surface area contributed by atoms with Crippen LogP contribution >= 0.6 is 0 Å². The van der Waals surface area contributed by atoms with Crippen LogP contribution in [0.15, 0.2) is 40.9 Å². The van der Waals surface area contributed by atoms with Crippen LogP contribution in [-0.4, -0.2) is 46.8 Å². The quantitative estimate of drug-likeness (QED) is 0.445. The lowest BCUT2D eigenvalue weighted by atomic mass is 9.57. The van der Waals surface area contributed by atoms with Crippen LogP contribution in [0.4, 0.5) is 32.0 Å². The number of benzene rings is 1. The zero-order valence-electron chi connectivity index (χ0n) is 19.5. The summed E-state index contributed by atoms with van der Waals surface area (Å²) < 4.78 is 36.7. The van der Waals surface area contributed by atoms with E-state index < -0.39 is 17.5 Å². The molecular formula is C24H24F2N6O4. The molecule has 0 unspecified atom stereocenters. The maximum absolute atomic E-state index is 13.3. The number of nitrogens with zero attached hydrogens (tertiary/aromatic N) is 4. The highest BCUT2D eigenvalue weighted by molar-refractivity contribution is 6.00. The van der Waals surface area contributed by atoms with Gasteiger partial charge in [-0.05, 0) is 49.9 Å². The number of hydrogen-bond donors (Lipinski definition) is 2. The van der Waals surface area contributed by atoms with Gasteiger partial charge in [-0.3, -0.25) is 9.59 Å². The minimum absolute atomic E-state index is 0.121. The lowest BCUT2D eigenvalue weighted by Crippen LogP contribution is -2.62. The van der Waals surface area contributed by atoms with Crippen molar-refractivity contribution in [2.75, 3.05) is 35.2 Å². The Hall–Kier alpha value is -4.09. The maximum Gasteiger partial charge on any atom is 0.320 e. The monoisotopic (exact) mass is 498 g/mol. The van der Waals surface area contributed by atoms with Crippen molar-refractivity contribution in [1.29, 1.82) is 0 Å². The molecule has 1 aliphatic heterocycles. The van der Waals surface area contributed by atoms with Crippen LogP contribution in [0.1, 0.15) is 36.9 Å². The molecule has 1 saturated carbocycles. The number of rotatable bonds is 8. The first-order valence-corrected chi connectivity index (χ1v) is 11.6. The third-order valence-electron chi connectivity index (χ3n) is 6.38. The number of halogens is 2. The smallest absolute Gasteiger partial charge is 0.320 e. The van der Waals surface area contributed by atoms with Gasteiger partial charge < -0.3 is 24.7 Å². The van der Waals surface area contributed by atoms with Gasteiger partial charge in [0.1, 0.15) is 5.82 Å². The molecule has 2 aliphatic rings. The number of ether oxygens (including phenoxy) is 1. The van der Waals surface area contributed by atoms with Gasteiger partial charge in [0.15, 0.2) is 11.6 Å². The molecule has 0 radical (unpaired) electrons. The molecule has 1 amide bonds. The van der Waals surface area contributed by atoms with E-state index in [1.54, 1.807) is 12.3 Å². The summed E-state index contributed by atoms with van der Waals surface area (Å²) in [4.78, 5) is 30.7. The van der Waals surface area contributed by atoms with Crippen molar-refractivity contribution in [3.8, 4) is 0 Å². The van der Waals surface area contributed by atoms with Gasteiger partial charge in [0.2, 0.25) is 0 Å². The number of nitrogens with one attached hydrogen (secondary N) is 2. The molecule has 1 spiro atoms. The predicted octanol–water partition coefficient (Wildman–Crippen LogP) is 3.91. The van der Waals surface area contributed by atoms with Gasteiger partial charge in [0, 0.05) is 36.7 Å². The second kappa shape index (κ2) is 9.51. The first kappa shape index (κ1) is 23.6. The average Bonchev–Trinajstić information content (AvgIpc) is 3.26. The van der Waals surface area contributed by atoms with E-state index >= 15 is 0 Å². The fraction of sp³-hybridized carbons (Fsp3) is 0.375. The van der Waals surface area contributed by atoms with Gasteiger partial charge >= 0.3 is 23.8 Å². The molecule has 1 aromatic carbocycles. The van der Waals surface area contributed by atoms with Crippen molar-refractivity contribution >= 4 is 35.1 Å². The molecule has 3 heterocycles. The van der Waals surface area contributed by atoms with Crippen molar-refractivity contribution < 1.29 is 27.5 Å². The number of anilines is 4. The topological polar surface area (TPSA) is 122 Å². The van der Waals surface area contributed by atoms with Crippen LogP contribution in [0, 0.1) is 23.0 Å². The van der Waals surface area contributed by atoms with Gasteiger partial charge in [-0.2, -0.15) is 0 Å². The zero-order chi connectivity index (χ0) is 25.3. The second-order valence-corrected chi connectivity index (χ2v) is 9.16. The van der Waals surface area contributed by atoms with Crippen LogP contribution in [0.2, 0.25) is 0 Å². The van der Waals surface area contributed by atoms with E-state index in [1.165, 1.54) is 6.07 Å². The van der Waals surface area contributed by atoms with Gasteiger partial charge in [-0.1, -0.05) is 5.10 Å². The summed E-state index contributed by atoms with van der Waals surface area (Å²) in [6, 6.07) is 6.58. The van der Waals surface area contributed by atoms with Crippen LogP contribution in [0.25, 0.3) is 0 Å². The van der Waals surface area contributed by atoms with Crippen LogP contribution in [0.5, 0.6) is 0 Å². The first-order chi connectivity index (χ1) is 17.3. The van der Waals surface area contributed by atoms with E-state index in [2.05, 4.69) is 30.7 Å². The Morgan fingerprint density at radius 3 is 2.61 bits per heavy atom. The number of carbonyl (C=O) groups is 2. The third kappa shape index (κ3) is 4.97. The van der Waals surface area contributed by atoms with Crippen LogP contribution in [-0.2, 0) is 9.53 Å². The molecule has 3 aromatic rings. The van der Waals surface area contributed by atoms with E-state index in [1.807, 2.05) is 13.0 Å². The van der Waals surface area contributed by atoms with Crippen LogP contribution in [0.3, 0.4) is 0 Å². The lowest BCUT2D eigenvalue weighted by molar-refractivity contribution is -0.146. The second-order valence-electron chi connectivity index (χ2n) is 9.16. The summed E-state index contributed by atoms with van der Waals surface area (Å²) in [5.41, 5.74) is 0.897. The Labute approximate surface area is 205 Å². The summed E-state index contributed by atoms with van der Waals surface area (Å²) in [5.74, 6) is -1.88. The van der Waals surface area contributed by atoms with Crippen molar-refractivity contribution in [2.24, 2.45) is 11.3 Å². The molecule has 2 N–H and O–H groups in total. The highest BCUT2D eigenvalue weighted by Crippen LogP contribution is 2.53. The Morgan fingerprint density at radius 2 is 1.92 bits per heavy atom. The van der Waals surface area contributed by atoms with Gasteiger partial charge in [0.25, 0.3) is 0 Å². The fourth-order valence-corrected chi connectivity index (χ4v) is 4.84. The van der Waals surface area contributed by atoms with Gasteiger partial charge in [-0.25, -0.2) is 13.8 Å². The largest absolute Gasteiger partial charge is 0.466 e. The predicted molar refractivity (Wildman–Crippen MR) is 125 cm³/mol. The molecular weight excluding hydrogens is 474 g/mol. The molecule has 2 fully saturated rings. The van der Waals surface area contributed by atoms with E-state index in [0.29, 0.717) is 24.6 Å². The lowest BCUT2D eigenvalue weighted by Gasteiger charge is -2.59. The average molecular weight is 498 g/mol. The normalized spacial score (nSPS) is 16.2. The fourth-order valence-electron chi connectivity index (χ4n) is 4.84. The van der Waals surface area contributed by atoms with E-state index in [9.17, 15) is 18.4 Å². The van der Waals surface area contributed by atoms with Crippen molar-refractivity contribution in [3.05, 3.63) is 54.1 Å². The molecule has 188 valence electrons. The summed E-state index contributed by atoms with van der Waals surface area (Å²) in [7, 11) is 0. The number of carbonyl (C=O) groups excluding carboxylic acids is 2. The van der Waals surface area contributed by atoms with Crippen molar-refractivity contribution in [2.45, 2.75) is 26.2 Å². The molecule has 5 rings (SSSR count). The molecule has 0 atom stereocenters. The van der Waals surface area contributed by atoms with Gasteiger partial charge in [0.05, 0.1) is 18.5 Å². The maximum atomic E-state index is 13.3. The number of esters is 1. The standard InChI is InChI=1S/C24H24F2N6O4/c1-2-35-20(33)7-14-9-24(10-14)12-32(13-24)19-6-4-16(11-27-19)28-21(34)22-30-31-23(36-22)29-15-3-5-17(25)18(26)8-15/h3-6,8,11,14H,2,7,9-10,12-13H2,1H3,(H,28,34)(H,29,31). The summed E-state index contributed by atoms with van der Waals surface area (Å²) >= 11 is 0. The molecule has 10 nitrogen and oxygen atoms in total. The molecule has 1 aliphatic carbocycles. The number of hydrogen-bond acceptors (Lipinski definition) is 9. The minimum atomic E-state index is -1.03. The Balaban J connectivity index is 1.10. The minimum Gasteiger partial charge on any atom is -0.466 e. The number of amides is 1. The SMILES string of the molecule is CCOC(=O)CC1CC2(C1)CN(c1ccc(NC(=O)c3nnc(Nc4ccc(F)c(F)c4)o3)cn1)C2. The van der Waals surface area contributed by atoms with E-state index in [-0.39, 0.29) is 29.0 Å². The molecule has 0 bridgehead atoms. The van der Waals surface area contributed by atoms with E-state index in [4.69, 9.17) is 9.15 Å². The number of pyridine rings is 1. The van der Waals surface area contributed by atoms with Gasteiger partial charge in [-0.15, -0.1) is 5.10 Å². The van der Waals surface area contributed by atoms with Crippen LogP contribution < -0.4 is 15.5 Å². The number of aromatic nitrogens is 3. The summed E-state index contributed by atoms with van der Waals surface area (Å²) in [6.45, 7) is 4.01. The zero-order valence-corrected chi connectivity index (χ0v) is 19.5. The molecule has 36 heavy (non-hydrogen) atoms. The molecule has 1 saturated heterocycles. The molecule has 2 aromatic heterocycles. The highest BCUT2D eigenvalue weighted by atomic mass is 19.2.